The zero-order chi connectivity index (χ0) is 14.5. The third kappa shape index (κ3) is 5.21. The Labute approximate surface area is 107 Å². The number of nitrogen functional groups attached to an aromatic ring is 1. The summed E-state index contributed by atoms with van der Waals surface area (Å²) in [6, 6.07) is 2.40. The van der Waals surface area contributed by atoms with Crippen molar-refractivity contribution >= 4 is 11.4 Å². The third-order valence-electron chi connectivity index (χ3n) is 2.15. The van der Waals surface area contributed by atoms with E-state index in [2.05, 4.69) is 10.1 Å². The van der Waals surface area contributed by atoms with Gasteiger partial charge in [-0.3, -0.25) is 0 Å². The van der Waals surface area contributed by atoms with Crippen LogP contribution in [0.5, 0.6) is 5.75 Å². The van der Waals surface area contributed by atoms with Gasteiger partial charge in [-0.2, -0.15) is 13.2 Å². The molecule has 0 atom stereocenters. The molecule has 0 fully saturated rings. The molecule has 19 heavy (non-hydrogen) atoms. The summed E-state index contributed by atoms with van der Waals surface area (Å²) < 4.78 is 57.8. The maximum Gasteiger partial charge on any atom is 0.411 e. The summed E-state index contributed by atoms with van der Waals surface area (Å²) in [4.78, 5) is 0. The average Bonchev–Trinajstić information content (AvgIpc) is 2.29. The first kappa shape index (κ1) is 15.4. The van der Waals surface area contributed by atoms with Gasteiger partial charge < -0.3 is 20.5 Å². The summed E-state index contributed by atoms with van der Waals surface area (Å²) in [5, 5.41) is 2.74. The molecule has 1 aromatic carbocycles. The standard InChI is InChI=1S/C11H14F4N2O2/c1-18-10-5-9(8(16)4-7(10)12)17-2-3-19-6-11(13,14)15/h4-5,17H,2-3,6,16H2,1H3. The van der Waals surface area contributed by atoms with Crippen molar-refractivity contribution in [2.75, 3.05) is 37.9 Å². The lowest BCUT2D eigenvalue weighted by atomic mass is 10.2. The number of anilines is 2. The second-order valence-corrected chi connectivity index (χ2v) is 3.67. The monoisotopic (exact) mass is 282 g/mol. The van der Waals surface area contributed by atoms with Crippen molar-refractivity contribution in [3.8, 4) is 5.75 Å². The molecule has 0 saturated heterocycles. The van der Waals surface area contributed by atoms with E-state index < -0.39 is 18.6 Å². The van der Waals surface area contributed by atoms with Crippen molar-refractivity contribution in [2.24, 2.45) is 0 Å². The zero-order valence-electron chi connectivity index (χ0n) is 10.2. The van der Waals surface area contributed by atoms with Crippen LogP contribution in [0.25, 0.3) is 0 Å². The Bertz CT molecular complexity index is 424. The van der Waals surface area contributed by atoms with Crippen molar-refractivity contribution in [3.63, 3.8) is 0 Å². The predicted molar refractivity (Wildman–Crippen MR) is 62.7 cm³/mol. The van der Waals surface area contributed by atoms with E-state index in [9.17, 15) is 17.6 Å². The number of ether oxygens (including phenoxy) is 2. The van der Waals surface area contributed by atoms with Crippen LogP contribution >= 0.6 is 0 Å². The summed E-state index contributed by atoms with van der Waals surface area (Å²) in [5.74, 6) is -0.619. The molecule has 0 unspecified atom stereocenters. The minimum Gasteiger partial charge on any atom is -0.494 e. The van der Waals surface area contributed by atoms with Gasteiger partial charge in [0.1, 0.15) is 6.61 Å². The van der Waals surface area contributed by atoms with Gasteiger partial charge in [0.15, 0.2) is 11.6 Å². The Morgan fingerprint density at radius 3 is 2.58 bits per heavy atom. The van der Waals surface area contributed by atoms with Gasteiger partial charge in [-0.25, -0.2) is 4.39 Å². The van der Waals surface area contributed by atoms with Gasteiger partial charge in [0.25, 0.3) is 0 Å². The van der Waals surface area contributed by atoms with Crippen LogP contribution < -0.4 is 15.8 Å². The number of benzene rings is 1. The Balaban J connectivity index is 2.45. The molecule has 0 aliphatic heterocycles. The van der Waals surface area contributed by atoms with E-state index in [1.165, 1.54) is 13.2 Å². The number of hydrogen-bond donors (Lipinski definition) is 2. The van der Waals surface area contributed by atoms with Crippen LogP contribution in [0.3, 0.4) is 0 Å². The Kier molecular flexibility index (Phi) is 5.22. The molecule has 0 radical (unpaired) electrons. The lowest BCUT2D eigenvalue weighted by molar-refractivity contribution is -0.172. The number of halogens is 4. The third-order valence-corrected chi connectivity index (χ3v) is 2.15. The molecule has 3 N–H and O–H groups in total. The highest BCUT2D eigenvalue weighted by atomic mass is 19.4. The van der Waals surface area contributed by atoms with Gasteiger partial charge in [-0.15, -0.1) is 0 Å². The Hall–Kier alpha value is -1.70. The molecule has 0 heterocycles. The van der Waals surface area contributed by atoms with E-state index in [1.54, 1.807) is 0 Å². The number of nitrogens with one attached hydrogen (secondary N) is 1. The van der Waals surface area contributed by atoms with E-state index in [4.69, 9.17) is 10.5 Å². The fourth-order valence-electron chi connectivity index (χ4n) is 1.32. The molecule has 0 saturated carbocycles. The maximum absolute atomic E-state index is 13.2. The van der Waals surface area contributed by atoms with Crippen LogP contribution in [0.1, 0.15) is 0 Å². The molecule has 108 valence electrons. The lowest BCUT2D eigenvalue weighted by Gasteiger charge is -2.12. The number of nitrogens with two attached hydrogens (primary N) is 1. The number of alkyl halides is 3. The second-order valence-electron chi connectivity index (χ2n) is 3.67. The van der Waals surface area contributed by atoms with E-state index >= 15 is 0 Å². The highest BCUT2D eigenvalue weighted by Crippen LogP contribution is 2.27. The molecule has 4 nitrogen and oxygen atoms in total. The predicted octanol–water partition coefficient (Wildman–Crippen LogP) is 2.41. The van der Waals surface area contributed by atoms with Crippen molar-refractivity contribution in [3.05, 3.63) is 17.9 Å². The minimum atomic E-state index is -4.35. The fraction of sp³-hybridized carbons (Fsp3) is 0.455. The van der Waals surface area contributed by atoms with E-state index in [0.717, 1.165) is 6.07 Å². The SMILES string of the molecule is COc1cc(NCCOCC(F)(F)F)c(N)cc1F. The average molecular weight is 282 g/mol. The summed E-state index contributed by atoms with van der Waals surface area (Å²) in [7, 11) is 1.30. The highest BCUT2D eigenvalue weighted by Gasteiger charge is 2.27. The molecule has 8 heteroatoms. The highest BCUT2D eigenvalue weighted by molar-refractivity contribution is 5.68. The Morgan fingerprint density at radius 1 is 1.32 bits per heavy atom. The van der Waals surface area contributed by atoms with E-state index in [1.807, 2.05) is 0 Å². The normalized spacial score (nSPS) is 11.4. The summed E-state index contributed by atoms with van der Waals surface area (Å²) in [6.07, 6.45) is -4.35. The maximum atomic E-state index is 13.2. The minimum absolute atomic E-state index is 0.00656. The van der Waals surface area contributed by atoms with Crippen molar-refractivity contribution < 1.29 is 27.0 Å². The molecular weight excluding hydrogens is 268 g/mol. The van der Waals surface area contributed by atoms with Gasteiger partial charge in [-0.1, -0.05) is 0 Å². The van der Waals surface area contributed by atoms with Gasteiger partial charge in [-0.05, 0) is 0 Å². The topological polar surface area (TPSA) is 56.5 Å². The molecule has 0 bridgehead atoms. The number of rotatable bonds is 6. The van der Waals surface area contributed by atoms with Gasteiger partial charge >= 0.3 is 6.18 Å². The van der Waals surface area contributed by atoms with Crippen LogP contribution in [0.4, 0.5) is 28.9 Å². The van der Waals surface area contributed by atoms with Crippen LogP contribution in [-0.4, -0.2) is 33.0 Å². The van der Waals surface area contributed by atoms with Gasteiger partial charge in [0, 0.05) is 18.7 Å². The van der Waals surface area contributed by atoms with Crippen LogP contribution in [0, 0.1) is 5.82 Å². The van der Waals surface area contributed by atoms with E-state index in [0.29, 0.717) is 5.69 Å². The van der Waals surface area contributed by atoms with Crippen LogP contribution in [0.15, 0.2) is 12.1 Å². The molecule has 1 rings (SSSR count). The number of hydrogen-bond acceptors (Lipinski definition) is 4. The van der Waals surface area contributed by atoms with Crippen molar-refractivity contribution in [2.45, 2.75) is 6.18 Å². The van der Waals surface area contributed by atoms with Crippen molar-refractivity contribution in [1.29, 1.82) is 0 Å². The largest absolute Gasteiger partial charge is 0.494 e. The van der Waals surface area contributed by atoms with Gasteiger partial charge in [0.2, 0.25) is 0 Å². The smallest absolute Gasteiger partial charge is 0.411 e. The van der Waals surface area contributed by atoms with Crippen molar-refractivity contribution in [1.82, 2.24) is 0 Å². The van der Waals surface area contributed by atoms with Crippen LogP contribution in [0.2, 0.25) is 0 Å². The lowest BCUT2D eigenvalue weighted by Crippen LogP contribution is -2.20. The van der Waals surface area contributed by atoms with Crippen LogP contribution in [-0.2, 0) is 4.74 Å². The molecule has 0 spiro atoms. The second kappa shape index (κ2) is 6.46. The zero-order valence-corrected chi connectivity index (χ0v) is 10.2. The van der Waals surface area contributed by atoms with E-state index in [-0.39, 0.29) is 24.6 Å². The quantitative estimate of drug-likeness (QED) is 0.478. The summed E-state index contributed by atoms with van der Waals surface area (Å²) in [5.41, 5.74) is 6.05. The molecule has 1 aromatic rings. The number of methoxy groups -OCH3 is 1. The first-order chi connectivity index (χ1) is 8.83. The molecule has 0 aliphatic carbocycles. The summed E-state index contributed by atoms with van der Waals surface area (Å²) in [6.45, 7) is -1.36. The summed E-state index contributed by atoms with van der Waals surface area (Å²) >= 11 is 0. The first-order valence-electron chi connectivity index (χ1n) is 5.35. The molecule has 0 aromatic heterocycles. The Morgan fingerprint density at radius 2 is 2.00 bits per heavy atom. The fourth-order valence-corrected chi connectivity index (χ4v) is 1.32. The van der Waals surface area contributed by atoms with Gasteiger partial charge in [0.05, 0.1) is 25.1 Å². The molecule has 0 amide bonds. The molecule has 0 aliphatic rings. The first-order valence-corrected chi connectivity index (χ1v) is 5.35. The molecular formula is C11H14F4N2O2.